The number of carboxylic acid groups (broad SMARTS) is 1. The van der Waals surface area contributed by atoms with Gasteiger partial charge in [-0.2, -0.15) is 0 Å². The number of fused-ring (bicyclic) bond motifs is 1. The number of rotatable bonds is 0. The molecule has 1 aliphatic heterocycles. The lowest BCUT2D eigenvalue weighted by Crippen LogP contribution is -2.42. The number of benzene rings is 1. The smallest absolute Gasteiger partial charge is 0.412 e. The van der Waals surface area contributed by atoms with Crippen molar-refractivity contribution in [1.82, 2.24) is 5.32 Å². The highest BCUT2D eigenvalue weighted by Crippen LogP contribution is 2.22. The summed E-state index contributed by atoms with van der Waals surface area (Å²) in [7, 11) is 0. The van der Waals surface area contributed by atoms with E-state index >= 15 is 0 Å². The lowest BCUT2D eigenvalue weighted by atomic mass is 10.1. The first kappa shape index (κ1) is 8.07. The van der Waals surface area contributed by atoms with Crippen LogP contribution < -0.4 is 10.2 Å². The van der Waals surface area contributed by atoms with Crippen molar-refractivity contribution in [3.63, 3.8) is 0 Å². The Bertz CT molecular complexity index is 338. The molecule has 0 fully saturated rings. The molecule has 0 aliphatic carbocycles. The molecule has 0 bridgehead atoms. The van der Waals surface area contributed by atoms with Crippen molar-refractivity contribution in [3.05, 3.63) is 29.8 Å². The van der Waals surface area contributed by atoms with Crippen LogP contribution >= 0.6 is 0 Å². The largest absolute Gasteiger partial charge is 0.465 e. The molecule has 4 heteroatoms. The molecule has 1 heterocycles. The van der Waals surface area contributed by atoms with Crippen LogP contribution in [0.1, 0.15) is 5.56 Å². The predicted molar refractivity (Wildman–Crippen MR) is 48.7 cm³/mol. The van der Waals surface area contributed by atoms with Crippen molar-refractivity contribution >= 4 is 11.8 Å². The van der Waals surface area contributed by atoms with Crippen LogP contribution in [0.3, 0.4) is 0 Å². The predicted octanol–water partition coefficient (Wildman–Crippen LogP) is 1.23. The summed E-state index contributed by atoms with van der Waals surface area (Å²) in [5.41, 5.74) is 1.81. The zero-order valence-corrected chi connectivity index (χ0v) is 7.03. The fraction of sp³-hybridized carbons (Fsp3) is 0.222. The van der Waals surface area contributed by atoms with E-state index in [-0.39, 0.29) is 0 Å². The third-order valence-corrected chi connectivity index (χ3v) is 2.10. The number of para-hydroxylation sites is 1. The second kappa shape index (κ2) is 3.06. The first-order chi connectivity index (χ1) is 6.29. The molecule has 0 radical (unpaired) electrons. The highest BCUT2D eigenvalue weighted by atomic mass is 16.4. The van der Waals surface area contributed by atoms with Crippen LogP contribution in [0.4, 0.5) is 10.5 Å². The minimum atomic E-state index is -0.917. The summed E-state index contributed by atoms with van der Waals surface area (Å²) in [5.74, 6) is 0. The Hall–Kier alpha value is -1.55. The minimum Gasteiger partial charge on any atom is -0.465 e. The maximum atomic E-state index is 10.8. The average molecular weight is 178 g/mol. The van der Waals surface area contributed by atoms with Crippen molar-refractivity contribution in [2.75, 3.05) is 11.6 Å². The topological polar surface area (TPSA) is 52.6 Å². The van der Waals surface area contributed by atoms with E-state index < -0.39 is 6.09 Å². The number of hydrogen-bond donors (Lipinski definition) is 2. The summed E-state index contributed by atoms with van der Waals surface area (Å²) >= 11 is 0. The Balaban J connectivity index is 2.42. The molecule has 4 nitrogen and oxygen atoms in total. The van der Waals surface area contributed by atoms with Gasteiger partial charge in [0.1, 0.15) is 0 Å². The van der Waals surface area contributed by atoms with Gasteiger partial charge in [-0.25, -0.2) is 4.79 Å². The summed E-state index contributed by atoms with van der Waals surface area (Å²) in [6.07, 6.45) is -0.917. The van der Waals surface area contributed by atoms with Crippen LogP contribution in [0.5, 0.6) is 0 Å². The molecular weight excluding hydrogens is 168 g/mol. The van der Waals surface area contributed by atoms with Gasteiger partial charge in [-0.15, -0.1) is 0 Å². The Morgan fingerprint density at radius 3 is 3.00 bits per heavy atom. The molecule has 1 aromatic rings. The lowest BCUT2D eigenvalue weighted by molar-refractivity contribution is 0.200. The second-order valence-electron chi connectivity index (χ2n) is 2.92. The third-order valence-electron chi connectivity index (χ3n) is 2.10. The average Bonchev–Trinajstić information content (AvgIpc) is 2.17. The van der Waals surface area contributed by atoms with Crippen LogP contribution in [-0.2, 0) is 6.54 Å². The highest BCUT2D eigenvalue weighted by Gasteiger charge is 2.20. The summed E-state index contributed by atoms with van der Waals surface area (Å²) in [4.78, 5) is 12.1. The third kappa shape index (κ3) is 1.36. The van der Waals surface area contributed by atoms with Gasteiger partial charge in [-0.1, -0.05) is 18.2 Å². The van der Waals surface area contributed by atoms with Crippen LogP contribution in [0.15, 0.2) is 24.3 Å². The molecule has 0 saturated heterocycles. The van der Waals surface area contributed by atoms with Crippen molar-refractivity contribution in [3.8, 4) is 0 Å². The molecule has 13 heavy (non-hydrogen) atoms. The fourth-order valence-corrected chi connectivity index (χ4v) is 1.48. The van der Waals surface area contributed by atoms with Crippen molar-refractivity contribution in [2.45, 2.75) is 6.54 Å². The monoisotopic (exact) mass is 178 g/mol. The summed E-state index contributed by atoms with van der Waals surface area (Å²) in [6.45, 7) is 1.10. The van der Waals surface area contributed by atoms with Crippen molar-refractivity contribution in [1.29, 1.82) is 0 Å². The highest BCUT2D eigenvalue weighted by molar-refractivity contribution is 5.87. The molecule has 0 aromatic heterocycles. The van der Waals surface area contributed by atoms with Gasteiger partial charge in [0.25, 0.3) is 0 Å². The quantitative estimate of drug-likeness (QED) is 0.628. The Morgan fingerprint density at radius 1 is 1.46 bits per heavy atom. The molecule has 1 amide bonds. The maximum Gasteiger partial charge on any atom is 0.412 e. The van der Waals surface area contributed by atoms with Crippen molar-refractivity contribution in [2.24, 2.45) is 0 Å². The molecule has 1 aliphatic rings. The normalized spacial score (nSPS) is 15.2. The molecule has 2 rings (SSSR count). The van der Waals surface area contributed by atoms with E-state index in [0.29, 0.717) is 6.67 Å². The fourth-order valence-electron chi connectivity index (χ4n) is 1.48. The van der Waals surface area contributed by atoms with Crippen LogP contribution in [-0.4, -0.2) is 17.9 Å². The van der Waals surface area contributed by atoms with E-state index in [1.54, 1.807) is 0 Å². The molecule has 1 aromatic carbocycles. The molecule has 0 saturated carbocycles. The van der Waals surface area contributed by atoms with Gasteiger partial charge in [-0.3, -0.25) is 10.2 Å². The molecule has 0 atom stereocenters. The maximum absolute atomic E-state index is 10.8. The van der Waals surface area contributed by atoms with Gasteiger partial charge in [0.2, 0.25) is 0 Å². The Morgan fingerprint density at radius 2 is 2.23 bits per heavy atom. The zero-order chi connectivity index (χ0) is 9.26. The standard InChI is InChI=1S/C9H10N2O2/c12-9(13)11-6-10-5-7-3-1-2-4-8(7)11/h1-4,10H,5-6H2,(H,12,13). The number of nitrogens with one attached hydrogen (secondary N) is 1. The van der Waals surface area contributed by atoms with Gasteiger partial charge >= 0.3 is 6.09 Å². The number of anilines is 1. The van der Waals surface area contributed by atoms with Gasteiger partial charge in [0.15, 0.2) is 0 Å². The van der Waals surface area contributed by atoms with E-state index in [2.05, 4.69) is 5.32 Å². The summed E-state index contributed by atoms with van der Waals surface area (Å²) < 4.78 is 0. The first-order valence-corrected chi connectivity index (χ1v) is 4.08. The summed E-state index contributed by atoms with van der Waals surface area (Å²) in [6, 6.07) is 7.51. The minimum absolute atomic E-state index is 0.367. The van der Waals surface area contributed by atoms with Gasteiger partial charge in [0.05, 0.1) is 12.4 Å². The number of amides is 1. The number of nitrogens with zero attached hydrogens (tertiary/aromatic N) is 1. The summed E-state index contributed by atoms with van der Waals surface area (Å²) in [5, 5.41) is 11.9. The molecule has 2 N–H and O–H groups in total. The van der Waals surface area contributed by atoms with E-state index in [0.717, 1.165) is 17.8 Å². The second-order valence-corrected chi connectivity index (χ2v) is 2.92. The Kier molecular flexibility index (Phi) is 1.90. The van der Waals surface area contributed by atoms with E-state index in [4.69, 9.17) is 5.11 Å². The van der Waals surface area contributed by atoms with Gasteiger partial charge in [0, 0.05) is 6.54 Å². The van der Waals surface area contributed by atoms with Crippen LogP contribution in [0.2, 0.25) is 0 Å². The van der Waals surface area contributed by atoms with Gasteiger partial charge < -0.3 is 5.11 Å². The van der Waals surface area contributed by atoms with Crippen LogP contribution in [0, 0.1) is 0 Å². The van der Waals surface area contributed by atoms with Gasteiger partial charge in [-0.05, 0) is 11.6 Å². The zero-order valence-electron chi connectivity index (χ0n) is 7.03. The SMILES string of the molecule is O=C(O)N1CNCc2ccccc21. The lowest BCUT2D eigenvalue weighted by Gasteiger charge is -2.27. The van der Waals surface area contributed by atoms with Crippen LogP contribution in [0.25, 0.3) is 0 Å². The molecule has 0 unspecified atom stereocenters. The molecular formula is C9H10N2O2. The molecule has 68 valence electrons. The number of hydrogen-bond acceptors (Lipinski definition) is 2. The molecule has 0 spiro atoms. The van der Waals surface area contributed by atoms with E-state index in [9.17, 15) is 4.79 Å². The Labute approximate surface area is 75.8 Å². The van der Waals surface area contributed by atoms with E-state index in [1.807, 2.05) is 24.3 Å². The van der Waals surface area contributed by atoms with E-state index in [1.165, 1.54) is 4.90 Å². The van der Waals surface area contributed by atoms with Crippen molar-refractivity contribution < 1.29 is 9.90 Å². The first-order valence-electron chi connectivity index (χ1n) is 4.08. The number of carbonyl (C=O) groups is 1.